The third kappa shape index (κ3) is 5.70. The highest BCUT2D eigenvalue weighted by atomic mass is 15.1. The smallest absolute Gasteiger partial charge is 0.138 e. The molecule has 3 nitrogen and oxygen atoms in total. The Hall–Kier alpha value is -7.23. The molecule has 3 aromatic heterocycles. The third-order valence-corrected chi connectivity index (χ3v) is 11.5. The van der Waals surface area contributed by atoms with Crippen LogP contribution in [0.25, 0.3) is 95.5 Å². The van der Waals surface area contributed by atoms with Crippen LogP contribution in [-0.4, -0.2) is 14.1 Å². The van der Waals surface area contributed by atoms with E-state index < -0.39 is 0 Å². The highest BCUT2D eigenvalue weighted by molar-refractivity contribution is 6.11. The number of rotatable bonds is 6. The van der Waals surface area contributed by atoms with E-state index in [-0.39, 0.29) is 0 Å². The van der Waals surface area contributed by atoms with E-state index in [9.17, 15) is 0 Å². The maximum Gasteiger partial charge on any atom is 0.138 e. The van der Waals surface area contributed by atoms with Crippen LogP contribution in [0.1, 0.15) is 24.8 Å². The Morgan fingerprint density at radius 2 is 1.25 bits per heavy atom. The lowest BCUT2D eigenvalue weighted by Gasteiger charge is -2.15. The van der Waals surface area contributed by atoms with Gasteiger partial charge in [-0.05, 0) is 83.5 Å². The molecule has 9 aromatic rings. The number of hydrogen-bond donors (Lipinski definition) is 0. The van der Waals surface area contributed by atoms with Crippen LogP contribution in [0, 0.1) is 0 Å². The summed E-state index contributed by atoms with van der Waals surface area (Å²) >= 11 is 0. The van der Waals surface area contributed by atoms with Crippen molar-refractivity contribution in [3.8, 4) is 45.0 Å². The molecular formula is C54H39N3. The Bertz CT molecular complexity index is 3250. The second-order valence-corrected chi connectivity index (χ2v) is 15.0. The van der Waals surface area contributed by atoms with Gasteiger partial charge in [0.05, 0.1) is 22.2 Å². The van der Waals surface area contributed by atoms with E-state index in [1.54, 1.807) is 0 Å². The summed E-state index contributed by atoms with van der Waals surface area (Å²) < 4.78 is 4.87. The van der Waals surface area contributed by atoms with E-state index in [2.05, 4.69) is 209 Å². The number of benzene rings is 6. The Labute approximate surface area is 331 Å². The van der Waals surface area contributed by atoms with E-state index in [0.717, 1.165) is 52.9 Å². The predicted octanol–water partition coefficient (Wildman–Crippen LogP) is 12.4. The molecule has 6 aromatic carbocycles. The number of nitrogens with zero attached hydrogens (tertiary/aromatic N) is 3. The number of fused-ring (bicyclic) bond motifs is 6. The second-order valence-electron chi connectivity index (χ2n) is 15.0. The van der Waals surface area contributed by atoms with Crippen LogP contribution >= 0.6 is 0 Å². The first-order valence-electron chi connectivity index (χ1n) is 19.9. The van der Waals surface area contributed by atoms with Gasteiger partial charge in [0.1, 0.15) is 5.82 Å². The largest absolute Gasteiger partial charge is 0.309 e. The number of aromatic nitrogens is 3. The van der Waals surface area contributed by atoms with Crippen LogP contribution in [-0.2, 0) is 0 Å². The Kier molecular flexibility index (Phi) is 8.03. The summed E-state index contributed by atoms with van der Waals surface area (Å²) in [7, 11) is 0. The molecule has 2 aliphatic carbocycles. The molecule has 0 amide bonds. The first-order chi connectivity index (χ1) is 28.3. The number of pyridine rings is 1. The fourth-order valence-electron chi connectivity index (χ4n) is 8.91. The van der Waals surface area contributed by atoms with Crippen LogP contribution in [0.2, 0.25) is 0 Å². The molecule has 11 rings (SSSR count). The molecule has 0 radical (unpaired) electrons. The van der Waals surface area contributed by atoms with Gasteiger partial charge in [-0.15, -0.1) is 0 Å². The summed E-state index contributed by atoms with van der Waals surface area (Å²) in [5.41, 5.74) is 13.8. The molecule has 3 heterocycles. The van der Waals surface area contributed by atoms with E-state index in [0.29, 0.717) is 0 Å². The SMILES string of the molecule is C1=CCC=CC(c2cc(-c3ccccc3)nc(-n3c4ccccc4c4ccc(-c5cccc6c7c(n(-c8cccc(-c9ccccc9)c8)c56)=CCCC=7)cc43)c2)=C1. The minimum absolute atomic E-state index is 0.899. The van der Waals surface area contributed by atoms with Gasteiger partial charge in [-0.25, -0.2) is 4.98 Å². The number of hydrogen-bond acceptors (Lipinski definition) is 1. The minimum atomic E-state index is 0.899. The average Bonchev–Trinajstić information content (AvgIpc) is 3.64. The lowest BCUT2D eigenvalue weighted by molar-refractivity contribution is 1.02. The van der Waals surface area contributed by atoms with E-state index in [4.69, 9.17) is 4.98 Å². The third-order valence-electron chi connectivity index (χ3n) is 11.5. The van der Waals surface area contributed by atoms with Gasteiger partial charge in [-0.3, -0.25) is 4.57 Å². The fourth-order valence-corrected chi connectivity index (χ4v) is 8.91. The van der Waals surface area contributed by atoms with Crippen molar-refractivity contribution in [3.05, 3.63) is 204 Å². The molecule has 57 heavy (non-hydrogen) atoms. The zero-order valence-corrected chi connectivity index (χ0v) is 31.5. The van der Waals surface area contributed by atoms with E-state index in [1.807, 2.05) is 0 Å². The standard InChI is InChI=1S/C54H39N3/c1-2-6-20-38(19-5-1)42-34-49(39-21-9-4-10-22-39)55-53(36-42)57-51-30-14-11-25-45(51)47-32-31-41(35-52(47)57)44-27-16-28-48-46-26-12-13-29-50(46)56(54(44)48)43-24-15-23-40(33-43)37-17-7-3-8-18-37/h1,3-11,14-36H,2,12-13H2. The Morgan fingerprint density at radius 1 is 0.491 bits per heavy atom. The second kappa shape index (κ2) is 13.8. The lowest BCUT2D eigenvalue weighted by atomic mass is 10.00. The Balaban J connectivity index is 1.17. The van der Waals surface area contributed by atoms with Crippen LogP contribution in [0.3, 0.4) is 0 Å². The van der Waals surface area contributed by atoms with Gasteiger partial charge in [0.15, 0.2) is 0 Å². The first-order valence-corrected chi connectivity index (χ1v) is 19.9. The fraction of sp³-hybridized carbons (Fsp3) is 0.0556. The van der Waals surface area contributed by atoms with E-state index in [1.165, 1.54) is 65.8 Å². The van der Waals surface area contributed by atoms with Crippen molar-refractivity contribution in [1.82, 2.24) is 14.1 Å². The molecule has 2 aliphatic rings. The summed E-state index contributed by atoms with van der Waals surface area (Å²) in [5.74, 6) is 0.899. The van der Waals surface area contributed by atoms with Crippen molar-refractivity contribution in [2.45, 2.75) is 19.3 Å². The minimum Gasteiger partial charge on any atom is -0.309 e. The summed E-state index contributed by atoms with van der Waals surface area (Å²) in [6.45, 7) is 0. The van der Waals surface area contributed by atoms with Gasteiger partial charge < -0.3 is 4.57 Å². The topological polar surface area (TPSA) is 22.8 Å². The quantitative estimate of drug-likeness (QED) is 0.167. The molecule has 0 saturated carbocycles. The van der Waals surface area contributed by atoms with Crippen molar-refractivity contribution in [1.29, 1.82) is 0 Å². The molecule has 270 valence electrons. The van der Waals surface area contributed by atoms with Gasteiger partial charge in [-0.1, -0.05) is 164 Å². The zero-order chi connectivity index (χ0) is 37.7. The van der Waals surface area contributed by atoms with Crippen molar-refractivity contribution < 1.29 is 0 Å². The highest BCUT2D eigenvalue weighted by Crippen LogP contribution is 2.38. The molecule has 0 unspecified atom stereocenters. The van der Waals surface area contributed by atoms with Gasteiger partial charge >= 0.3 is 0 Å². The van der Waals surface area contributed by atoms with Crippen LogP contribution in [0.5, 0.6) is 0 Å². The van der Waals surface area contributed by atoms with Gasteiger partial charge in [0.2, 0.25) is 0 Å². The van der Waals surface area contributed by atoms with Crippen LogP contribution in [0.4, 0.5) is 0 Å². The predicted molar refractivity (Wildman–Crippen MR) is 240 cm³/mol. The van der Waals surface area contributed by atoms with Crippen molar-refractivity contribution in [2.24, 2.45) is 0 Å². The summed E-state index contributed by atoms with van der Waals surface area (Å²) in [5, 5.41) is 6.30. The van der Waals surface area contributed by atoms with Crippen LogP contribution in [0.15, 0.2) is 188 Å². The summed E-state index contributed by atoms with van der Waals surface area (Å²) in [6, 6.07) is 57.3. The normalized spacial score (nSPS) is 13.6. The van der Waals surface area contributed by atoms with Gasteiger partial charge in [0.25, 0.3) is 0 Å². The highest BCUT2D eigenvalue weighted by Gasteiger charge is 2.20. The summed E-state index contributed by atoms with van der Waals surface area (Å²) in [6.07, 6.45) is 18.9. The van der Waals surface area contributed by atoms with Crippen LogP contribution < -0.4 is 10.6 Å². The molecule has 0 aliphatic heterocycles. The molecule has 3 heteroatoms. The first kappa shape index (κ1) is 33.1. The van der Waals surface area contributed by atoms with Crippen molar-refractivity contribution in [2.75, 3.05) is 0 Å². The lowest BCUT2D eigenvalue weighted by Crippen LogP contribution is -2.30. The molecule has 0 atom stereocenters. The van der Waals surface area contributed by atoms with Crippen molar-refractivity contribution >= 4 is 50.4 Å². The molecular weight excluding hydrogens is 691 g/mol. The monoisotopic (exact) mass is 729 g/mol. The average molecular weight is 730 g/mol. The van der Waals surface area contributed by atoms with E-state index >= 15 is 0 Å². The zero-order valence-electron chi connectivity index (χ0n) is 31.5. The summed E-state index contributed by atoms with van der Waals surface area (Å²) in [4.78, 5) is 5.43. The van der Waals surface area contributed by atoms with Gasteiger partial charge in [0, 0.05) is 43.5 Å². The molecule has 0 saturated heterocycles. The number of allylic oxidation sites excluding steroid dienone is 6. The van der Waals surface area contributed by atoms with Crippen molar-refractivity contribution in [3.63, 3.8) is 0 Å². The number of para-hydroxylation sites is 2. The van der Waals surface area contributed by atoms with Gasteiger partial charge in [-0.2, -0.15) is 0 Å². The molecule has 0 fully saturated rings. The maximum atomic E-state index is 5.43. The molecule has 0 bridgehead atoms. The molecule has 0 spiro atoms. The Morgan fingerprint density at radius 3 is 2.14 bits per heavy atom. The molecule has 0 N–H and O–H groups in total. The maximum absolute atomic E-state index is 5.43.